The SMILES string of the molecule is NC/C=C/c1cn(C2CC(O)C(COP(=O)(O)OP(=O)(O)OP(=O)(O)O)O2)c(=O)nc1N. The molecule has 0 bridgehead atoms. The van der Waals surface area contributed by atoms with Gasteiger partial charge in [-0.1, -0.05) is 12.2 Å². The number of anilines is 1. The number of nitrogen functional groups attached to an aromatic ring is 1. The van der Waals surface area contributed by atoms with Crippen LogP contribution in [0.1, 0.15) is 18.2 Å². The van der Waals surface area contributed by atoms with Gasteiger partial charge in [0.2, 0.25) is 0 Å². The Morgan fingerprint density at radius 1 is 1.22 bits per heavy atom. The van der Waals surface area contributed by atoms with Gasteiger partial charge in [0.25, 0.3) is 0 Å². The van der Waals surface area contributed by atoms with Crippen molar-refractivity contribution in [3.63, 3.8) is 0 Å². The van der Waals surface area contributed by atoms with Crippen LogP contribution in [-0.4, -0.2) is 59.6 Å². The van der Waals surface area contributed by atoms with Gasteiger partial charge in [0.15, 0.2) is 0 Å². The lowest BCUT2D eigenvalue weighted by molar-refractivity contribution is -0.0449. The first-order chi connectivity index (χ1) is 14.6. The Kier molecular flexibility index (Phi) is 8.70. The molecular formula is C12H21N4O13P3. The van der Waals surface area contributed by atoms with E-state index in [1.165, 1.54) is 12.3 Å². The normalized spacial score (nSPS) is 25.6. The number of hydrogen-bond donors (Lipinski definition) is 7. The number of phosphoric acid groups is 3. The van der Waals surface area contributed by atoms with Gasteiger partial charge in [-0.25, -0.2) is 18.5 Å². The molecule has 1 aliphatic heterocycles. The highest BCUT2D eigenvalue weighted by Gasteiger charge is 2.43. The number of ether oxygens (including phenoxy) is 1. The Morgan fingerprint density at radius 2 is 1.88 bits per heavy atom. The van der Waals surface area contributed by atoms with Crippen molar-refractivity contribution >= 4 is 35.4 Å². The highest BCUT2D eigenvalue weighted by Crippen LogP contribution is 2.66. The van der Waals surface area contributed by atoms with Crippen LogP contribution in [0.5, 0.6) is 0 Å². The van der Waals surface area contributed by atoms with Crippen LogP contribution < -0.4 is 17.2 Å². The Hall–Kier alpha value is -1.29. The van der Waals surface area contributed by atoms with E-state index in [2.05, 4.69) is 18.1 Å². The predicted octanol–water partition coefficient (Wildman–Crippen LogP) is -1.21. The molecule has 0 saturated carbocycles. The standard InChI is InChI=1S/C12H21N4O13P3/c13-3-1-2-7-5-16(12(18)15-11(7)14)10-4-8(17)9(27-10)6-26-31(22,23)29-32(24,25)28-30(19,20)21/h1-2,5,8-10,17H,3-4,6,13H2,(H,22,23)(H,24,25)(H2,14,15,18)(H2,19,20,21)/b2-1+. The largest absolute Gasteiger partial charge is 0.490 e. The van der Waals surface area contributed by atoms with Crippen molar-refractivity contribution in [3.8, 4) is 0 Å². The Labute approximate surface area is 179 Å². The number of hydrogen-bond acceptors (Lipinski definition) is 12. The molecule has 0 spiro atoms. The fourth-order valence-corrected chi connectivity index (χ4v) is 5.56. The van der Waals surface area contributed by atoms with Crippen LogP contribution in [0.3, 0.4) is 0 Å². The molecule has 17 nitrogen and oxygen atoms in total. The van der Waals surface area contributed by atoms with E-state index >= 15 is 0 Å². The average Bonchev–Trinajstić information content (AvgIpc) is 2.97. The minimum atomic E-state index is -5.68. The third-order valence-electron chi connectivity index (χ3n) is 3.78. The van der Waals surface area contributed by atoms with Gasteiger partial charge in [-0.05, 0) is 0 Å². The zero-order chi connectivity index (χ0) is 24.3. The summed E-state index contributed by atoms with van der Waals surface area (Å²) in [5.41, 5.74) is 10.6. The monoisotopic (exact) mass is 522 g/mol. The second-order valence-corrected chi connectivity index (χ2v) is 10.6. The number of aliphatic hydroxyl groups excluding tert-OH is 1. The van der Waals surface area contributed by atoms with Crippen LogP contribution in [0, 0.1) is 0 Å². The Morgan fingerprint density at radius 3 is 2.47 bits per heavy atom. The minimum absolute atomic E-state index is 0.0706. The molecule has 0 radical (unpaired) electrons. The summed E-state index contributed by atoms with van der Waals surface area (Å²) in [5.74, 6) is -0.0706. The van der Waals surface area contributed by atoms with Crippen molar-refractivity contribution in [1.29, 1.82) is 0 Å². The lowest BCUT2D eigenvalue weighted by Gasteiger charge is -2.19. The van der Waals surface area contributed by atoms with Crippen LogP contribution in [0.4, 0.5) is 5.82 Å². The molecule has 0 amide bonds. The fourth-order valence-electron chi connectivity index (χ4n) is 2.53. The second kappa shape index (κ2) is 10.3. The molecule has 0 aromatic carbocycles. The topological polar surface area (TPSA) is 276 Å². The molecule has 1 aromatic rings. The van der Waals surface area contributed by atoms with Crippen LogP contribution in [0.15, 0.2) is 17.1 Å². The number of aliphatic hydroxyl groups is 1. The Bertz CT molecular complexity index is 1060. The first kappa shape index (κ1) is 27.0. The number of nitrogens with two attached hydrogens (primary N) is 2. The maximum Gasteiger partial charge on any atom is 0.490 e. The van der Waals surface area contributed by atoms with E-state index in [0.717, 1.165) is 4.57 Å². The molecule has 1 aliphatic rings. The summed E-state index contributed by atoms with van der Waals surface area (Å²) in [6.45, 7) is -0.682. The third-order valence-corrected chi connectivity index (χ3v) is 7.58. The van der Waals surface area contributed by atoms with Crippen molar-refractivity contribution in [2.45, 2.75) is 24.9 Å². The minimum Gasteiger partial charge on any atom is -0.390 e. The fraction of sp³-hybridized carbons (Fsp3) is 0.500. The lowest BCUT2D eigenvalue weighted by atomic mass is 10.2. The predicted molar refractivity (Wildman–Crippen MR) is 105 cm³/mol. The van der Waals surface area contributed by atoms with Gasteiger partial charge in [0, 0.05) is 24.7 Å². The molecule has 2 heterocycles. The molecule has 5 unspecified atom stereocenters. The van der Waals surface area contributed by atoms with Crippen molar-refractivity contribution in [1.82, 2.24) is 9.55 Å². The van der Waals surface area contributed by atoms with E-state index < -0.39 is 54.2 Å². The average molecular weight is 522 g/mol. The van der Waals surface area contributed by atoms with Gasteiger partial charge in [-0.2, -0.15) is 13.6 Å². The Balaban J connectivity index is 2.07. The lowest BCUT2D eigenvalue weighted by Crippen LogP contribution is -2.29. The third kappa shape index (κ3) is 7.93. The molecule has 2 rings (SSSR count). The van der Waals surface area contributed by atoms with E-state index in [9.17, 15) is 28.5 Å². The highest BCUT2D eigenvalue weighted by atomic mass is 31.3. The molecule has 1 aromatic heterocycles. The molecular weight excluding hydrogens is 501 g/mol. The molecule has 9 N–H and O–H groups in total. The van der Waals surface area contributed by atoms with Gasteiger partial charge in [0.05, 0.1) is 12.7 Å². The van der Waals surface area contributed by atoms with E-state index in [0.29, 0.717) is 5.56 Å². The van der Waals surface area contributed by atoms with E-state index in [-0.39, 0.29) is 18.8 Å². The summed E-state index contributed by atoms with van der Waals surface area (Å²) < 4.78 is 51.7. The van der Waals surface area contributed by atoms with Crippen molar-refractivity contribution in [3.05, 3.63) is 28.3 Å². The van der Waals surface area contributed by atoms with E-state index in [1.54, 1.807) is 6.08 Å². The maximum absolute atomic E-state index is 12.1. The highest BCUT2D eigenvalue weighted by molar-refractivity contribution is 7.66. The molecule has 32 heavy (non-hydrogen) atoms. The number of phosphoric ester groups is 1. The van der Waals surface area contributed by atoms with Crippen LogP contribution in [0.25, 0.3) is 6.08 Å². The van der Waals surface area contributed by atoms with Crippen LogP contribution >= 0.6 is 23.5 Å². The summed E-state index contributed by atoms with van der Waals surface area (Å²) in [5, 5.41) is 10.1. The molecule has 1 fully saturated rings. The second-order valence-electron chi connectivity index (χ2n) is 6.23. The number of aromatic nitrogens is 2. The molecule has 0 aliphatic carbocycles. The smallest absolute Gasteiger partial charge is 0.390 e. The van der Waals surface area contributed by atoms with E-state index in [4.69, 9.17) is 30.9 Å². The summed E-state index contributed by atoms with van der Waals surface area (Å²) in [4.78, 5) is 51.4. The summed E-state index contributed by atoms with van der Waals surface area (Å²) >= 11 is 0. The quantitative estimate of drug-likeness (QED) is 0.177. The van der Waals surface area contributed by atoms with Crippen molar-refractivity contribution in [2.24, 2.45) is 5.73 Å². The van der Waals surface area contributed by atoms with Crippen LogP contribution in [0.2, 0.25) is 0 Å². The van der Waals surface area contributed by atoms with Crippen LogP contribution in [-0.2, 0) is 31.6 Å². The zero-order valence-corrected chi connectivity index (χ0v) is 18.7. The van der Waals surface area contributed by atoms with Crippen molar-refractivity contribution < 1.29 is 56.3 Å². The summed E-state index contributed by atoms with van der Waals surface area (Å²) in [6, 6.07) is 0. The van der Waals surface area contributed by atoms with E-state index in [1.807, 2.05) is 0 Å². The molecule has 1 saturated heterocycles. The summed E-state index contributed by atoms with van der Waals surface area (Å²) in [7, 11) is -16.6. The maximum atomic E-state index is 12.1. The number of nitrogens with zero attached hydrogens (tertiary/aromatic N) is 2. The first-order valence-corrected chi connectivity index (χ1v) is 13.0. The van der Waals surface area contributed by atoms with Gasteiger partial charge in [-0.15, -0.1) is 0 Å². The summed E-state index contributed by atoms with van der Waals surface area (Å²) in [6.07, 6.45) is 0.492. The van der Waals surface area contributed by atoms with Gasteiger partial charge in [0.1, 0.15) is 18.1 Å². The molecule has 5 atom stereocenters. The zero-order valence-electron chi connectivity index (χ0n) is 16.0. The first-order valence-electron chi connectivity index (χ1n) is 8.49. The van der Waals surface area contributed by atoms with Crippen molar-refractivity contribution in [2.75, 3.05) is 18.9 Å². The van der Waals surface area contributed by atoms with Gasteiger partial charge in [-0.3, -0.25) is 9.09 Å². The molecule has 20 heteroatoms. The number of rotatable bonds is 10. The van der Waals surface area contributed by atoms with Gasteiger partial charge >= 0.3 is 29.2 Å². The van der Waals surface area contributed by atoms with Gasteiger partial charge < -0.3 is 40.9 Å². The molecule has 182 valence electrons.